The molecule has 134 valence electrons. The lowest BCUT2D eigenvalue weighted by molar-refractivity contribution is 0.635. The number of hydrogen-bond acceptors (Lipinski definition) is 2. The zero-order valence-corrected chi connectivity index (χ0v) is 15.7. The fourth-order valence-electron chi connectivity index (χ4n) is 5.18. The van der Waals surface area contributed by atoms with Gasteiger partial charge in [0.05, 0.1) is 0 Å². The van der Waals surface area contributed by atoms with Crippen LogP contribution in [-0.4, -0.2) is 6.71 Å². The minimum absolute atomic E-state index is 0.205. The Hall–Kier alpha value is -3.72. The van der Waals surface area contributed by atoms with Crippen LogP contribution in [0.1, 0.15) is 0 Å². The van der Waals surface area contributed by atoms with E-state index in [1.54, 1.807) is 0 Å². The number of benzene rings is 4. The van der Waals surface area contributed by atoms with Gasteiger partial charge in [-0.3, -0.25) is 0 Å². The normalized spacial score (nSPS) is 13.4. The first-order chi connectivity index (χ1) is 14.4. The van der Waals surface area contributed by atoms with Crippen molar-refractivity contribution in [1.82, 2.24) is 0 Å². The minimum atomic E-state index is 0.205. The molecule has 2 aliphatic heterocycles. The minimum Gasteiger partial charge on any atom is -0.457 e. The summed E-state index contributed by atoms with van der Waals surface area (Å²) >= 11 is 0. The molecule has 0 atom stereocenters. The van der Waals surface area contributed by atoms with Crippen LogP contribution < -0.4 is 21.3 Å². The van der Waals surface area contributed by atoms with E-state index in [1.807, 2.05) is 6.07 Å². The summed E-state index contributed by atoms with van der Waals surface area (Å²) in [6.45, 7) is 0.205. The summed E-state index contributed by atoms with van der Waals surface area (Å²) in [4.78, 5) is 2.39. The summed E-state index contributed by atoms with van der Waals surface area (Å²) in [5.41, 5.74) is 9.85. The highest BCUT2D eigenvalue weighted by Crippen LogP contribution is 2.41. The predicted octanol–water partition coefficient (Wildman–Crippen LogP) is 4.71. The summed E-state index contributed by atoms with van der Waals surface area (Å²) in [6.07, 6.45) is 0. The molecule has 7 rings (SSSR count). The van der Waals surface area contributed by atoms with Crippen LogP contribution in [0.2, 0.25) is 0 Å². The molecule has 1 aromatic heterocycles. The Morgan fingerprint density at radius 3 is 2.31 bits per heavy atom. The average Bonchev–Trinajstić information content (AvgIpc) is 3.31. The number of nitrogens with zero attached hydrogens (tertiary/aromatic N) is 1. The summed E-state index contributed by atoms with van der Waals surface area (Å²) in [5.74, 6) is 1.03. The van der Waals surface area contributed by atoms with E-state index in [4.69, 9.17) is 4.42 Å². The fourth-order valence-corrected chi connectivity index (χ4v) is 5.18. The van der Waals surface area contributed by atoms with Crippen molar-refractivity contribution in [1.29, 1.82) is 0 Å². The second-order valence-electron chi connectivity index (χ2n) is 7.74. The molecule has 0 unspecified atom stereocenters. The van der Waals surface area contributed by atoms with Gasteiger partial charge in [0.2, 0.25) is 0 Å². The highest BCUT2D eigenvalue weighted by molar-refractivity contribution is 7.02. The van der Waals surface area contributed by atoms with Crippen LogP contribution in [0.4, 0.5) is 17.1 Å². The number of furan rings is 1. The monoisotopic (exact) mass is 369 g/mol. The van der Waals surface area contributed by atoms with E-state index < -0.39 is 0 Å². The molecule has 0 N–H and O–H groups in total. The third-order valence-electron chi connectivity index (χ3n) is 6.28. The number of hydrogen-bond donors (Lipinski definition) is 0. The molecule has 5 aromatic rings. The fraction of sp³-hybridized carbons (Fsp3) is 0. The Kier molecular flexibility index (Phi) is 2.85. The maximum absolute atomic E-state index is 6.39. The zero-order valence-electron chi connectivity index (χ0n) is 15.7. The van der Waals surface area contributed by atoms with E-state index in [1.165, 1.54) is 44.4 Å². The van der Waals surface area contributed by atoms with E-state index in [0.717, 1.165) is 11.3 Å². The number of para-hydroxylation sites is 3. The van der Waals surface area contributed by atoms with Crippen LogP contribution in [0.5, 0.6) is 0 Å². The molecule has 3 heteroatoms. The van der Waals surface area contributed by atoms with E-state index >= 15 is 0 Å². The Balaban J connectivity index is 1.62. The van der Waals surface area contributed by atoms with Gasteiger partial charge in [-0.2, -0.15) is 0 Å². The molecule has 0 bridgehead atoms. The van der Waals surface area contributed by atoms with Crippen molar-refractivity contribution < 1.29 is 4.42 Å². The molecule has 2 nitrogen and oxygen atoms in total. The van der Waals surface area contributed by atoms with Crippen molar-refractivity contribution >= 4 is 51.1 Å². The van der Waals surface area contributed by atoms with Gasteiger partial charge in [0, 0.05) is 28.0 Å². The van der Waals surface area contributed by atoms with Crippen molar-refractivity contribution in [2.24, 2.45) is 0 Å². The molecule has 2 aliphatic rings. The third-order valence-corrected chi connectivity index (χ3v) is 6.28. The maximum Gasteiger partial charge on any atom is 0.253 e. The summed E-state index contributed by atoms with van der Waals surface area (Å²) in [7, 11) is 0. The first kappa shape index (κ1) is 15.2. The first-order valence-corrected chi connectivity index (χ1v) is 10.0. The molecule has 0 fully saturated rings. The zero-order chi connectivity index (χ0) is 18.9. The maximum atomic E-state index is 6.39. The van der Waals surface area contributed by atoms with Crippen molar-refractivity contribution in [3.05, 3.63) is 97.1 Å². The Morgan fingerprint density at radius 2 is 1.38 bits per heavy atom. The lowest BCUT2D eigenvalue weighted by Crippen LogP contribution is -2.54. The second-order valence-corrected chi connectivity index (χ2v) is 7.74. The van der Waals surface area contributed by atoms with E-state index in [2.05, 4.69) is 95.9 Å². The van der Waals surface area contributed by atoms with Gasteiger partial charge in [0.25, 0.3) is 6.71 Å². The van der Waals surface area contributed by atoms with Crippen LogP contribution in [0.15, 0.2) is 101 Å². The van der Waals surface area contributed by atoms with Crippen molar-refractivity contribution in [2.75, 3.05) is 4.90 Å². The molecular formula is C26H16BNO. The largest absolute Gasteiger partial charge is 0.457 e. The van der Waals surface area contributed by atoms with Gasteiger partial charge in [-0.25, -0.2) is 0 Å². The summed E-state index contributed by atoms with van der Waals surface area (Å²) in [6, 6.07) is 34.4. The van der Waals surface area contributed by atoms with E-state index in [9.17, 15) is 0 Å². The molecule has 0 saturated heterocycles. The second kappa shape index (κ2) is 5.42. The summed E-state index contributed by atoms with van der Waals surface area (Å²) in [5, 5.41) is 1.22. The van der Waals surface area contributed by atoms with Gasteiger partial charge in [-0.05, 0) is 46.7 Å². The van der Waals surface area contributed by atoms with Crippen LogP contribution in [0.25, 0.3) is 22.3 Å². The summed E-state index contributed by atoms with van der Waals surface area (Å²) < 4.78 is 6.39. The number of fused-ring (bicyclic) bond motifs is 7. The van der Waals surface area contributed by atoms with Gasteiger partial charge in [-0.1, -0.05) is 66.7 Å². The lowest BCUT2D eigenvalue weighted by atomic mass is 9.37. The predicted molar refractivity (Wildman–Crippen MR) is 121 cm³/mol. The quantitative estimate of drug-likeness (QED) is 0.390. The SMILES string of the molecule is c1ccc(N2c3ccccc3B3c4c(cccc42)-c2oc4ccccc4c23)cc1. The lowest BCUT2D eigenvalue weighted by Gasteiger charge is -2.35. The molecule has 0 amide bonds. The Labute approximate surface area is 169 Å². The molecule has 3 heterocycles. The van der Waals surface area contributed by atoms with Gasteiger partial charge >= 0.3 is 0 Å². The molecule has 0 spiro atoms. The Morgan fingerprint density at radius 1 is 0.621 bits per heavy atom. The number of rotatable bonds is 1. The average molecular weight is 369 g/mol. The van der Waals surface area contributed by atoms with E-state index in [0.29, 0.717) is 0 Å². The number of anilines is 3. The van der Waals surface area contributed by atoms with Gasteiger partial charge in [-0.15, -0.1) is 0 Å². The van der Waals surface area contributed by atoms with Crippen LogP contribution in [0.3, 0.4) is 0 Å². The van der Waals surface area contributed by atoms with E-state index in [-0.39, 0.29) is 6.71 Å². The smallest absolute Gasteiger partial charge is 0.253 e. The highest BCUT2D eigenvalue weighted by Gasteiger charge is 2.45. The van der Waals surface area contributed by atoms with Crippen molar-refractivity contribution in [3.63, 3.8) is 0 Å². The molecule has 0 aliphatic carbocycles. The van der Waals surface area contributed by atoms with Gasteiger partial charge < -0.3 is 9.32 Å². The molecule has 29 heavy (non-hydrogen) atoms. The van der Waals surface area contributed by atoms with Crippen LogP contribution in [0, 0.1) is 0 Å². The third kappa shape index (κ3) is 1.87. The van der Waals surface area contributed by atoms with Crippen molar-refractivity contribution in [3.8, 4) is 11.3 Å². The van der Waals surface area contributed by atoms with Gasteiger partial charge in [0.15, 0.2) is 0 Å². The molecule has 0 saturated carbocycles. The molecular weight excluding hydrogens is 353 g/mol. The molecule has 4 aromatic carbocycles. The highest BCUT2D eigenvalue weighted by atomic mass is 16.3. The van der Waals surface area contributed by atoms with Gasteiger partial charge in [0.1, 0.15) is 11.3 Å². The van der Waals surface area contributed by atoms with Crippen LogP contribution >= 0.6 is 0 Å². The molecule has 0 radical (unpaired) electrons. The Bertz CT molecular complexity index is 1420. The first-order valence-electron chi connectivity index (χ1n) is 10.0. The van der Waals surface area contributed by atoms with Crippen LogP contribution in [-0.2, 0) is 0 Å². The standard InChI is InChI=1S/C26H16BNO/c1-2-9-17(10-3-1)28-21-14-6-5-13-20(21)27-24-19(12-8-15-22(24)28)26-25(27)18-11-4-7-16-23(18)29-26/h1-16H. The van der Waals surface area contributed by atoms with Crippen molar-refractivity contribution in [2.45, 2.75) is 0 Å². The topological polar surface area (TPSA) is 16.4 Å².